The minimum Gasteiger partial charge on any atom is -0.340 e. The van der Waals surface area contributed by atoms with E-state index in [-0.39, 0.29) is 31.3 Å². The van der Waals surface area contributed by atoms with Crippen LogP contribution in [0.5, 0.6) is 0 Å². The van der Waals surface area contributed by atoms with E-state index in [0.29, 0.717) is 25.2 Å². The molecule has 0 atom stereocenters. The van der Waals surface area contributed by atoms with Crippen LogP contribution in [0.25, 0.3) is 17.0 Å². The molecule has 0 radical (unpaired) electrons. The van der Waals surface area contributed by atoms with Gasteiger partial charge in [0.25, 0.3) is 5.91 Å². The first-order valence-electron chi connectivity index (χ1n) is 14.4. The van der Waals surface area contributed by atoms with Crippen molar-refractivity contribution in [1.82, 2.24) is 19.2 Å². The molecule has 0 unspecified atom stereocenters. The predicted molar refractivity (Wildman–Crippen MR) is 159 cm³/mol. The van der Waals surface area contributed by atoms with Crippen LogP contribution in [0.3, 0.4) is 0 Å². The van der Waals surface area contributed by atoms with Crippen molar-refractivity contribution in [1.29, 1.82) is 0 Å². The van der Waals surface area contributed by atoms with Gasteiger partial charge < -0.3 is 9.88 Å². The second-order valence-electron chi connectivity index (χ2n) is 11.4. The maximum Gasteiger partial charge on any atom is 0.253 e. The summed E-state index contributed by atoms with van der Waals surface area (Å²) in [6, 6.07) is 11.2. The van der Waals surface area contributed by atoms with Gasteiger partial charge in [-0.2, -0.15) is 4.31 Å². The van der Waals surface area contributed by atoms with Crippen LogP contribution in [0.4, 0.5) is 0 Å². The number of hydrogen-bond acceptors (Lipinski definition) is 6. The molecule has 1 N–H and O–H groups in total. The molecule has 2 fully saturated rings. The van der Waals surface area contributed by atoms with Gasteiger partial charge in [-0.15, -0.1) is 0 Å². The van der Waals surface area contributed by atoms with Crippen LogP contribution in [-0.2, 0) is 32.6 Å². The fraction of sp³-hybridized carbons (Fsp3) is 0.419. The van der Waals surface area contributed by atoms with Crippen molar-refractivity contribution in [3.63, 3.8) is 0 Å². The van der Waals surface area contributed by atoms with E-state index in [1.54, 1.807) is 18.5 Å². The van der Waals surface area contributed by atoms with Crippen molar-refractivity contribution in [2.45, 2.75) is 63.5 Å². The first-order valence-corrected chi connectivity index (χ1v) is 15.9. The molecule has 1 aromatic carbocycles. The van der Waals surface area contributed by atoms with Crippen LogP contribution in [0, 0.1) is 5.92 Å². The van der Waals surface area contributed by atoms with Crippen molar-refractivity contribution >= 4 is 44.5 Å². The van der Waals surface area contributed by atoms with E-state index < -0.39 is 15.6 Å². The lowest BCUT2D eigenvalue weighted by Gasteiger charge is -2.34. The van der Waals surface area contributed by atoms with Gasteiger partial charge in [0.1, 0.15) is 11.4 Å². The van der Waals surface area contributed by atoms with E-state index in [0.717, 1.165) is 53.5 Å². The zero-order chi connectivity index (χ0) is 28.5. The number of rotatable bonds is 8. The minimum absolute atomic E-state index is 0.0752. The Morgan fingerprint density at radius 3 is 2.56 bits per heavy atom. The third-order valence-corrected chi connectivity index (χ3v) is 10.2. The Kier molecular flexibility index (Phi) is 7.61. The van der Waals surface area contributed by atoms with Gasteiger partial charge in [0.05, 0.1) is 6.54 Å². The highest BCUT2D eigenvalue weighted by atomic mass is 32.2. The summed E-state index contributed by atoms with van der Waals surface area (Å²) in [4.78, 5) is 34.5. The lowest BCUT2D eigenvalue weighted by molar-refractivity contribution is -0.125. The van der Waals surface area contributed by atoms with E-state index in [1.807, 2.05) is 47.2 Å². The summed E-state index contributed by atoms with van der Waals surface area (Å²) in [5, 5.41) is 5.15. The summed E-state index contributed by atoms with van der Waals surface area (Å²) in [6.07, 6.45) is 13.6. The van der Waals surface area contributed by atoms with Crippen molar-refractivity contribution in [2.24, 2.45) is 10.9 Å². The minimum atomic E-state index is -3.69. The first kappa shape index (κ1) is 27.5. The Bertz CT molecular complexity index is 1610. The number of amidine groups is 1. The Morgan fingerprint density at radius 1 is 1.05 bits per heavy atom. The number of sulfonamides is 1. The van der Waals surface area contributed by atoms with Crippen LogP contribution in [0.15, 0.2) is 65.4 Å². The molecule has 9 nitrogen and oxygen atoms in total. The van der Waals surface area contributed by atoms with E-state index in [4.69, 9.17) is 4.99 Å². The van der Waals surface area contributed by atoms with Crippen molar-refractivity contribution in [3.05, 3.63) is 71.5 Å². The molecule has 1 aliphatic carbocycles. The fourth-order valence-electron chi connectivity index (χ4n) is 6.31. The number of hydrogen-bond donors (Lipinski definition) is 1. The number of fused-ring (bicyclic) bond motifs is 1. The molecule has 6 rings (SSSR count). The number of amides is 1. The average molecular weight is 574 g/mol. The van der Waals surface area contributed by atoms with Gasteiger partial charge in [0.15, 0.2) is 5.78 Å². The number of aromatic nitrogens is 2. The summed E-state index contributed by atoms with van der Waals surface area (Å²) < 4.78 is 29.9. The molecule has 41 heavy (non-hydrogen) atoms. The maximum atomic E-state index is 13.3. The van der Waals surface area contributed by atoms with Gasteiger partial charge in [-0.1, -0.05) is 31.4 Å². The average Bonchev–Trinajstić information content (AvgIpc) is 3.54. The lowest BCUT2D eigenvalue weighted by Crippen LogP contribution is -2.50. The van der Waals surface area contributed by atoms with Crippen molar-refractivity contribution < 1.29 is 18.0 Å². The molecule has 2 aliphatic heterocycles. The third kappa shape index (κ3) is 5.76. The maximum absolute atomic E-state index is 13.3. The van der Waals surface area contributed by atoms with Crippen LogP contribution >= 0.6 is 0 Å². The standard InChI is InChI=1S/C31H35N5O4S/c37-26(21-23-9-15-32-16-10-23)22-35-17-11-27-24(7-4-8-28(27)35)12-20-41(39,40)36-18-13-31(14-19-36)30(38)33-29(34-31)25-5-2-1-3-6-25/h4,7-12,15-17,20,25H,1-3,5-6,13-14,18-19,21-22H2,(H,33,34,38)/b20-12+. The summed E-state index contributed by atoms with van der Waals surface area (Å²) in [5.41, 5.74) is 1.71. The molecule has 3 aliphatic rings. The van der Waals surface area contributed by atoms with Crippen LogP contribution in [0.2, 0.25) is 0 Å². The zero-order valence-corrected chi connectivity index (χ0v) is 23.9. The van der Waals surface area contributed by atoms with Gasteiger partial charge >= 0.3 is 0 Å². The smallest absolute Gasteiger partial charge is 0.253 e. The molecule has 0 bridgehead atoms. The summed E-state index contributed by atoms with van der Waals surface area (Å²) >= 11 is 0. The van der Waals surface area contributed by atoms with E-state index in [1.165, 1.54) is 16.1 Å². The Balaban J connectivity index is 1.12. The molecule has 1 spiro atoms. The van der Waals surface area contributed by atoms with Crippen LogP contribution in [0.1, 0.15) is 56.1 Å². The van der Waals surface area contributed by atoms with Crippen molar-refractivity contribution in [3.8, 4) is 0 Å². The van der Waals surface area contributed by atoms with Crippen LogP contribution in [-0.4, -0.2) is 58.4 Å². The highest BCUT2D eigenvalue weighted by Gasteiger charge is 2.48. The molecule has 3 aromatic rings. The van der Waals surface area contributed by atoms with Gasteiger partial charge in [-0.05, 0) is 67.2 Å². The molecule has 2 aromatic heterocycles. The number of pyridine rings is 1. The molecule has 214 valence electrons. The Hall–Kier alpha value is -3.63. The van der Waals surface area contributed by atoms with Gasteiger partial charge in [0, 0.05) is 60.3 Å². The molecule has 1 saturated carbocycles. The number of carbonyl (C=O) groups is 2. The largest absolute Gasteiger partial charge is 0.340 e. The highest BCUT2D eigenvalue weighted by Crippen LogP contribution is 2.35. The number of carbonyl (C=O) groups excluding carboxylic acids is 2. The zero-order valence-electron chi connectivity index (χ0n) is 23.0. The fourth-order valence-corrected chi connectivity index (χ4v) is 7.49. The Morgan fingerprint density at radius 2 is 1.80 bits per heavy atom. The number of aliphatic imine (C=N–C) groups is 1. The predicted octanol–water partition coefficient (Wildman–Crippen LogP) is 4.09. The second-order valence-corrected chi connectivity index (χ2v) is 13.2. The topological polar surface area (TPSA) is 114 Å². The van der Waals surface area contributed by atoms with E-state index in [9.17, 15) is 18.0 Å². The third-order valence-electron chi connectivity index (χ3n) is 8.66. The molecule has 10 heteroatoms. The summed E-state index contributed by atoms with van der Waals surface area (Å²) in [6.45, 7) is 0.731. The summed E-state index contributed by atoms with van der Waals surface area (Å²) in [7, 11) is -3.69. The molecular formula is C31H35N5O4S. The van der Waals surface area contributed by atoms with Crippen LogP contribution < -0.4 is 5.32 Å². The molecular weight excluding hydrogens is 538 g/mol. The first-order chi connectivity index (χ1) is 19.8. The van der Waals surface area contributed by atoms with Crippen molar-refractivity contribution in [2.75, 3.05) is 13.1 Å². The SMILES string of the molecule is O=C(Cc1ccncc1)Cn1ccc2c(/C=C/S(=O)(=O)N3CCC4(CC3)N=C(C3CCCCC3)NC4=O)cccc21. The number of ketones is 1. The highest BCUT2D eigenvalue weighted by molar-refractivity contribution is 7.92. The molecule has 4 heterocycles. The van der Waals surface area contributed by atoms with E-state index in [2.05, 4.69) is 10.3 Å². The molecule has 1 saturated heterocycles. The van der Waals surface area contributed by atoms with E-state index >= 15 is 0 Å². The number of nitrogens with one attached hydrogen (secondary N) is 1. The van der Waals surface area contributed by atoms with Gasteiger partial charge in [-0.3, -0.25) is 19.6 Å². The number of piperidine rings is 1. The lowest BCUT2D eigenvalue weighted by atomic mass is 9.88. The second kappa shape index (κ2) is 11.3. The molecule has 1 amide bonds. The van der Waals surface area contributed by atoms with Gasteiger partial charge in [0.2, 0.25) is 10.0 Å². The monoisotopic (exact) mass is 573 g/mol. The Labute approximate surface area is 240 Å². The number of nitrogens with zero attached hydrogens (tertiary/aromatic N) is 4. The van der Waals surface area contributed by atoms with Gasteiger partial charge in [-0.25, -0.2) is 8.42 Å². The normalized spacial score (nSPS) is 20.1. The summed E-state index contributed by atoms with van der Waals surface area (Å²) in [5.74, 6) is 1.12. The number of Topliss-reactive ketones (excluding diaryl/α,β-unsaturated/α-hetero) is 1. The number of benzene rings is 1. The quantitative estimate of drug-likeness (QED) is 0.436.